The predicted molar refractivity (Wildman–Crippen MR) is 168 cm³/mol. The summed E-state index contributed by atoms with van der Waals surface area (Å²) in [5.74, 6) is 3.38. The van der Waals surface area contributed by atoms with E-state index < -0.39 is 0 Å². The number of para-hydroxylation sites is 1. The highest BCUT2D eigenvalue weighted by Gasteiger charge is 2.34. The minimum Gasteiger partial charge on any atom is -0.457 e. The average molecular weight is 594 g/mol. The highest BCUT2D eigenvalue weighted by Crippen LogP contribution is 2.38. The van der Waals surface area contributed by atoms with Crippen molar-refractivity contribution in [3.63, 3.8) is 0 Å². The number of nitrogens with two attached hydrogens (primary N) is 1. The normalized spacial score (nSPS) is 21.5. The molecule has 2 aromatic carbocycles. The van der Waals surface area contributed by atoms with Crippen LogP contribution >= 0.6 is 37.2 Å². The van der Waals surface area contributed by atoms with Gasteiger partial charge >= 0.3 is 0 Å². The molecule has 3 aliphatic rings. The molecule has 0 amide bonds. The summed E-state index contributed by atoms with van der Waals surface area (Å²) in [7, 11) is 2.23. The molecular weight excluding hydrogens is 555 g/mol. The summed E-state index contributed by atoms with van der Waals surface area (Å²) in [4.78, 5) is 15.9. The molecule has 3 heterocycles. The molecule has 0 spiro atoms. The molecule has 212 valence electrons. The lowest BCUT2D eigenvalue weighted by Gasteiger charge is -2.44. The largest absolute Gasteiger partial charge is 0.457 e. The Hall–Kier alpha value is -2.42. The fourth-order valence-corrected chi connectivity index (χ4v) is 5.99. The zero-order valence-corrected chi connectivity index (χ0v) is 24.7. The van der Waals surface area contributed by atoms with Gasteiger partial charge in [-0.1, -0.05) is 30.3 Å². The lowest BCUT2D eigenvalue weighted by atomic mass is 9.88. The Kier molecular flexibility index (Phi) is 11.0. The second kappa shape index (κ2) is 13.8. The Morgan fingerprint density at radius 3 is 2.26 bits per heavy atom. The molecule has 1 aromatic heterocycles. The second-order valence-electron chi connectivity index (χ2n) is 10.3. The molecule has 2 atom stereocenters. The van der Waals surface area contributed by atoms with E-state index in [1.165, 1.54) is 51.9 Å². The number of anilines is 1. The summed E-state index contributed by atoms with van der Waals surface area (Å²) in [6.45, 7) is 5.33. The quantitative estimate of drug-likeness (QED) is 0.392. The number of amidine groups is 1. The van der Waals surface area contributed by atoms with Gasteiger partial charge in [-0.05, 0) is 62.6 Å². The zero-order chi connectivity index (χ0) is 24.5. The number of aliphatic imine (C=N–C) groups is 1. The first kappa shape index (κ1) is 31.1. The van der Waals surface area contributed by atoms with Crippen LogP contribution in [0.3, 0.4) is 0 Å². The second-order valence-corrected chi connectivity index (χ2v) is 10.3. The number of nitrogens with one attached hydrogen (secondary N) is 1. The summed E-state index contributed by atoms with van der Waals surface area (Å²) in [6, 6.07) is 19.2. The maximum absolute atomic E-state index is 6.48. The number of fused-ring (bicyclic) bond motifs is 1. The van der Waals surface area contributed by atoms with Crippen molar-refractivity contribution < 1.29 is 4.74 Å². The van der Waals surface area contributed by atoms with Crippen LogP contribution < -0.4 is 15.4 Å². The number of hydrogen-bond donors (Lipinski definition) is 2. The van der Waals surface area contributed by atoms with Crippen molar-refractivity contribution in [3.8, 4) is 22.6 Å². The van der Waals surface area contributed by atoms with Gasteiger partial charge in [0.25, 0.3) is 0 Å². The van der Waals surface area contributed by atoms with Gasteiger partial charge in [-0.25, -0.2) is 4.99 Å². The van der Waals surface area contributed by atoms with Crippen LogP contribution in [-0.4, -0.2) is 72.6 Å². The molecule has 0 bridgehead atoms. The summed E-state index contributed by atoms with van der Waals surface area (Å²) < 4.78 is 5.98. The number of H-pyrrole nitrogens is 1. The molecule has 1 aliphatic carbocycles. The fraction of sp³-hybridized carbons (Fsp3) is 0.414. The van der Waals surface area contributed by atoms with Crippen LogP contribution in [0.25, 0.3) is 11.1 Å². The Morgan fingerprint density at radius 1 is 0.872 bits per heavy atom. The third-order valence-electron chi connectivity index (χ3n) is 8.05. The minimum atomic E-state index is 0. The standard InChI is InChI=1S/C29H36N6O.3ClH/c1-33-14-16-34(17-15-33)22-6-5-7-23(18-22)35-20-32-28(30)27-26(19-31-29(27)35)21-10-12-25(13-11-21)36-24-8-3-2-4-9-24;;;/h2-4,8-13,19,22-23,31H,5-7,14-18,20H2,1H3,(H2,30,32);3*1H/t22-,23+;;;/m1.../s1. The molecule has 3 aromatic rings. The van der Waals surface area contributed by atoms with E-state index in [-0.39, 0.29) is 37.2 Å². The summed E-state index contributed by atoms with van der Waals surface area (Å²) in [5.41, 5.74) is 9.70. The summed E-state index contributed by atoms with van der Waals surface area (Å²) >= 11 is 0. The number of aromatic amines is 1. The topological polar surface area (TPSA) is 73.1 Å². The summed E-state index contributed by atoms with van der Waals surface area (Å²) in [5, 5.41) is 0. The van der Waals surface area contributed by atoms with Crippen LogP contribution in [0.5, 0.6) is 11.5 Å². The molecule has 7 nitrogen and oxygen atoms in total. The number of aromatic nitrogens is 1. The highest BCUT2D eigenvalue weighted by molar-refractivity contribution is 6.09. The first-order valence-corrected chi connectivity index (χ1v) is 13.2. The monoisotopic (exact) mass is 592 g/mol. The average Bonchev–Trinajstić information content (AvgIpc) is 3.37. The molecule has 3 N–H and O–H groups in total. The van der Waals surface area contributed by atoms with Gasteiger partial charge in [-0.2, -0.15) is 0 Å². The van der Waals surface area contributed by atoms with Crippen molar-refractivity contribution >= 4 is 48.9 Å². The van der Waals surface area contributed by atoms with Crippen LogP contribution in [0, 0.1) is 0 Å². The Labute approximate surface area is 250 Å². The third kappa shape index (κ3) is 6.67. The van der Waals surface area contributed by atoms with E-state index in [1.54, 1.807) is 0 Å². The van der Waals surface area contributed by atoms with Gasteiger partial charge in [0.15, 0.2) is 0 Å². The smallest absolute Gasteiger partial charge is 0.132 e. The van der Waals surface area contributed by atoms with E-state index in [0.29, 0.717) is 24.6 Å². The van der Waals surface area contributed by atoms with Crippen LogP contribution in [-0.2, 0) is 0 Å². The Morgan fingerprint density at radius 2 is 1.54 bits per heavy atom. The predicted octanol–water partition coefficient (Wildman–Crippen LogP) is 5.78. The molecule has 1 saturated carbocycles. The fourth-order valence-electron chi connectivity index (χ4n) is 5.99. The van der Waals surface area contributed by atoms with Crippen LogP contribution in [0.15, 0.2) is 65.8 Å². The molecule has 39 heavy (non-hydrogen) atoms. The molecule has 0 unspecified atom stereocenters. The SMILES string of the molecule is CN1CCN([C@@H]2CCC[C@H](N3CN=C(N)c4c(-c5ccc(Oc6ccccc6)cc5)c[nH]c43)C2)CC1.Cl.Cl.Cl. The number of nitrogens with zero attached hydrogens (tertiary/aromatic N) is 4. The molecule has 2 fully saturated rings. The molecule has 10 heteroatoms. The first-order valence-electron chi connectivity index (χ1n) is 13.2. The van der Waals surface area contributed by atoms with E-state index >= 15 is 0 Å². The van der Waals surface area contributed by atoms with Gasteiger partial charge in [0.05, 0.1) is 5.56 Å². The number of hydrogen-bond acceptors (Lipinski definition) is 6. The molecule has 0 radical (unpaired) electrons. The summed E-state index contributed by atoms with van der Waals surface area (Å²) in [6.07, 6.45) is 7.06. The van der Waals surface area contributed by atoms with Gasteiger partial charge in [-0.3, -0.25) is 4.90 Å². The first-order chi connectivity index (χ1) is 17.7. The highest BCUT2D eigenvalue weighted by atomic mass is 35.5. The van der Waals surface area contributed by atoms with Crippen molar-refractivity contribution in [1.82, 2.24) is 14.8 Å². The molecule has 2 aliphatic heterocycles. The number of rotatable bonds is 5. The molecule has 6 rings (SSSR count). The van der Waals surface area contributed by atoms with E-state index in [1.807, 2.05) is 42.5 Å². The number of piperazine rings is 1. The zero-order valence-electron chi connectivity index (χ0n) is 22.3. The van der Waals surface area contributed by atoms with E-state index in [2.05, 4.69) is 45.1 Å². The number of halogens is 3. The van der Waals surface area contributed by atoms with Crippen molar-refractivity contribution in [2.75, 3.05) is 44.8 Å². The van der Waals surface area contributed by atoms with Gasteiger partial charge in [-0.15, -0.1) is 37.2 Å². The van der Waals surface area contributed by atoms with Crippen LogP contribution in [0.2, 0.25) is 0 Å². The number of likely N-dealkylation sites (N-methyl/N-ethyl adjacent to an activating group) is 1. The van der Waals surface area contributed by atoms with Crippen molar-refractivity contribution in [1.29, 1.82) is 0 Å². The van der Waals surface area contributed by atoms with Gasteiger partial charge in [0.1, 0.15) is 29.8 Å². The van der Waals surface area contributed by atoms with Crippen molar-refractivity contribution in [2.45, 2.75) is 37.8 Å². The number of ether oxygens (including phenoxy) is 1. The molecule has 1 saturated heterocycles. The Balaban J connectivity index is 0.00000140. The van der Waals surface area contributed by atoms with Gasteiger partial charge in [0, 0.05) is 50.0 Å². The van der Waals surface area contributed by atoms with Gasteiger partial charge < -0.3 is 25.3 Å². The maximum Gasteiger partial charge on any atom is 0.132 e. The van der Waals surface area contributed by atoms with Crippen LogP contribution in [0.1, 0.15) is 31.2 Å². The van der Waals surface area contributed by atoms with E-state index in [0.717, 1.165) is 34.0 Å². The van der Waals surface area contributed by atoms with E-state index in [4.69, 9.17) is 15.5 Å². The maximum atomic E-state index is 6.48. The van der Waals surface area contributed by atoms with Crippen molar-refractivity contribution in [2.24, 2.45) is 10.7 Å². The number of benzene rings is 2. The lowest BCUT2D eigenvalue weighted by Crippen LogP contribution is -2.53. The molecular formula is C29H39Cl3N6O. The van der Waals surface area contributed by atoms with Crippen LogP contribution in [0.4, 0.5) is 5.82 Å². The minimum absolute atomic E-state index is 0. The Bertz CT molecular complexity index is 1210. The van der Waals surface area contributed by atoms with Gasteiger partial charge in [0.2, 0.25) is 0 Å². The lowest BCUT2D eigenvalue weighted by molar-refractivity contribution is 0.0858. The third-order valence-corrected chi connectivity index (χ3v) is 8.05. The van der Waals surface area contributed by atoms with E-state index in [9.17, 15) is 0 Å². The van der Waals surface area contributed by atoms with Crippen molar-refractivity contribution in [3.05, 3.63) is 66.4 Å².